The van der Waals surface area contributed by atoms with Crippen molar-refractivity contribution in [2.45, 2.75) is 45.6 Å². The number of pyridine rings is 1. The van der Waals surface area contributed by atoms with E-state index < -0.39 is 5.97 Å². The summed E-state index contributed by atoms with van der Waals surface area (Å²) in [6.07, 6.45) is 4.79. The molecule has 4 nitrogen and oxygen atoms in total. The maximum Gasteiger partial charge on any atom is 0.336 e. The maximum absolute atomic E-state index is 11.2. The van der Waals surface area contributed by atoms with Crippen LogP contribution in [0.4, 0.5) is 5.82 Å². The molecule has 0 saturated heterocycles. The summed E-state index contributed by atoms with van der Waals surface area (Å²) in [6.45, 7) is 4.35. The van der Waals surface area contributed by atoms with E-state index in [2.05, 4.69) is 24.1 Å². The zero-order valence-electron chi connectivity index (χ0n) is 12.6. The Labute approximate surface area is 125 Å². The summed E-state index contributed by atoms with van der Waals surface area (Å²) in [6, 6.07) is 9.22. The molecule has 1 atom stereocenters. The van der Waals surface area contributed by atoms with Crippen LogP contribution in [0, 0.1) is 0 Å². The summed E-state index contributed by atoms with van der Waals surface area (Å²) >= 11 is 0. The second-order valence-corrected chi connectivity index (χ2v) is 5.42. The lowest BCUT2D eigenvalue weighted by Crippen LogP contribution is -2.15. The van der Waals surface area contributed by atoms with Crippen molar-refractivity contribution in [2.24, 2.45) is 0 Å². The van der Waals surface area contributed by atoms with Crippen LogP contribution in [0.2, 0.25) is 0 Å². The Morgan fingerprint density at radius 3 is 2.81 bits per heavy atom. The van der Waals surface area contributed by atoms with Crippen LogP contribution >= 0.6 is 0 Å². The van der Waals surface area contributed by atoms with Crippen LogP contribution in [0.3, 0.4) is 0 Å². The fourth-order valence-electron chi connectivity index (χ4n) is 2.45. The first-order valence-electron chi connectivity index (χ1n) is 7.51. The standard InChI is InChI=1S/C17H22N2O2/c1-3-4-5-7-12(2)18-16-11-10-13-14(17(20)21)8-6-9-15(13)19-16/h6,8-12H,3-5,7H2,1-2H3,(H,18,19)(H,20,21). The number of aromatic carboxylic acids is 1. The van der Waals surface area contributed by atoms with Gasteiger partial charge in [0.05, 0.1) is 11.1 Å². The number of nitrogens with one attached hydrogen (secondary N) is 1. The highest BCUT2D eigenvalue weighted by Crippen LogP contribution is 2.20. The van der Waals surface area contributed by atoms with E-state index in [0.717, 1.165) is 12.2 Å². The molecule has 0 radical (unpaired) electrons. The van der Waals surface area contributed by atoms with Crippen molar-refractivity contribution in [1.29, 1.82) is 0 Å². The normalized spacial score (nSPS) is 12.3. The molecule has 0 fully saturated rings. The first-order chi connectivity index (χ1) is 10.1. The van der Waals surface area contributed by atoms with Crippen LogP contribution in [-0.2, 0) is 0 Å². The minimum absolute atomic E-state index is 0.294. The van der Waals surface area contributed by atoms with Crippen LogP contribution in [0.5, 0.6) is 0 Å². The number of carbonyl (C=O) groups is 1. The largest absolute Gasteiger partial charge is 0.478 e. The fourth-order valence-corrected chi connectivity index (χ4v) is 2.45. The quantitative estimate of drug-likeness (QED) is 0.744. The van der Waals surface area contributed by atoms with Gasteiger partial charge in [0.1, 0.15) is 5.82 Å². The van der Waals surface area contributed by atoms with Gasteiger partial charge in [0, 0.05) is 11.4 Å². The molecule has 0 aliphatic heterocycles. The molecule has 1 heterocycles. The number of unbranched alkanes of at least 4 members (excludes halogenated alkanes) is 2. The smallest absolute Gasteiger partial charge is 0.336 e. The van der Waals surface area contributed by atoms with Gasteiger partial charge in [0.15, 0.2) is 0 Å². The molecule has 1 unspecified atom stereocenters. The van der Waals surface area contributed by atoms with Gasteiger partial charge >= 0.3 is 5.97 Å². The Hall–Kier alpha value is -2.10. The second kappa shape index (κ2) is 7.07. The molecule has 1 aromatic heterocycles. The van der Waals surface area contributed by atoms with Gasteiger partial charge in [-0.25, -0.2) is 9.78 Å². The number of carboxylic acid groups (broad SMARTS) is 1. The number of benzene rings is 1. The van der Waals surface area contributed by atoms with Gasteiger partial charge in [-0.3, -0.25) is 0 Å². The van der Waals surface area contributed by atoms with E-state index in [4.69, 9.17) is 0 Å². The predicted molar refractivity (Wildman–Crippen MR) is 85.9 cm³/mol. The number of anilines is 1. The molecule has 1 aromatic carbocycles. The van der Waals surface area contributed by atoms with Crippen LogP contribution in [0.25, 0.3) is 10.9 Å². The molecule has 112 valence electrons. The SMILES string of the molecule is CCCCCC(C)Nc1ccc2c(C(=O)O)cccc2n1. The van der Waals surface area contributed by atoms with Crippen molar-refractivity contribution in [3.8, 4) is 0 Å². The van der Waals surface area contributed by atoms with Gasteiger partial charge in [-0.15, -0.1) is 0 Å². The molecule has 2 N–H and O–H groups in total. The number of aromatic nitrogens is 1. The summed E-state index contributed by atoms with van der Waals surface area (Å²) in [5.41, 5.74) is 1.00. The van der Waals surface area contributed by atoms with Gasteiger partial charge in [0.2, 0.25) is 0 Å². The number of carboxylic acids is 1. The van der Waals surface area contributed by atoms with E-state index in [0.29, 0.717) is 22.5 Å². The Kier molecular flexibility index (Phi) is 5.14. The minimum atomic E-state index is -0.920. The summed E-state index contributed by atoms with van der Waals surface area (Å²) in [7, 11) is 0. The zero-order chi connectivity index (χ0) is 15.2. The lowest BCUT2D eigenvalue weighted by atomic mass is 10.1. The van der Waals surface area contributed by atoms with Crippen molar-refractivity contribution in [3.05, 3.63) is 35.9 Å². The third-order valence-electron chi connectivity index (χ3n) is 3.60. The lowest BCUT2D eigenvalue weighted by molar-refractivity contribution is 0.0699. The average Bonchev–Trinajstić information content (AvgIpc) is 2.46. The van der Waals surface area contributed by atoms with Gasteiger partial charge in [0.25, 0.3) is 0 Å². The van der Waals surface area contributed by atoms with Crippen LogP contribution in [0.1, 0.15) is 49.9 Å². The van der Waals surface area contributed by atoms with Crippen LogP contribution in [0.15, 0.2) is 30.3 Å². The van der Waals surface area contributed by atoms with Crippen molar-refractivity contribution >= 4 is 22.7 Å². The molecular formula is C17H22N2O2. The first-order valence-corrected chi connectivity index (χ1v) is 7.51. The predicted octanol–water partition coefficient (Wildman–Crippen LogP) is 4.31. The van der Waals surface area contributed by atoms with Gasteiger partial charge < -0.3 is 10.4 Å². The van der Waals surface area contributed by atoms with E-state index in [1.165, 1.54) is 19.3 Å². The number of fused-ring (bicyclic) bond motifs is 1. The topological polar surface area (TPSA) is 62.2 Å². The van der Waals surface area contributed by atoms with Crippen molar-refractivity contribution in [3.63, 3.8) is 0 Å². The molecule has 0 saturated carbocycles. The summed E-state index contributed by atoms with van der Waals surface area (Å²) in [5, 5.41) is 13.2. The lowest BCUT2D eigenvalue weighted by Gasteiger charge is -2.14. The van der Waals surface area contributed by atoms with Gasteiger partial charge in [-0.05, 0) is 37.6 Å². The second-order valence-electron chi connectivity index (χ2n) is 5.42. The highest BCUT2D eigenvalue weighted by Gasteiger charge is 2.10. The van der Waals surface area contributed by atoms with Crippen molar-refractivity contribution in [2.75, 3.05) is 5.32 Å². The zero-order valence-corrected chi connectivity index (χ0v) is 12.6. The molecule has 0 bridgehead atoms. The summed E-state index contributed by atoms with van der Waals surface area (Å²) in [5.74, 6) is -0.120. The molecule has 4 heteroatoms. The van der Waals surface area contributed by atoms with Gasteiger partial charge in [-0.2, -0.15) is 0 Å². The monoisotopic (exact) mass is 286 g/mol. The van der Waals surface area contributed by atoms with Gasteiger partial charge in [-0.1, -0.05) is 32.3 Å². The average molecular weight is 286 g/mol. The number of hydrogen-bond donors (Lipinski definition) is 2. The summed E-state index contributed by atoms with van der Waals surface area (Å²) < 4.78 is 0. The van der Waals surface area contributed by atoms with Crippen molar-refractivity contribution < 1.29 is 9.90 Å². The highest BCUT2D eigenvalue weighted by molar-refractivity contribution is 6.02. The van der Waals surface area contributed by atoms with E-state index in [1.54, 1.807) is 12.1 Å². The highest BCUT2D eigenvalue weighted by atomic mass is 16.4. The summed E-state index contributed by atoms with van der Waals surface area (Å²) in [4.78, 5) is 15.7. The molecule has 2 rings (SSSR count). The molecular weight excluding hydrogens is 264 g/mol. The fraction of sp³-hybridized carbons (Fsp3) is 0.412. The van der Waals surface area contributed by atoms with E-state index in [1.807, 2.05) is 18.2 Å². The Morgan fingerprint density at radius 2 is 2.10 bits per heavy atom. The third-order valence-corrected chi connectivity index (χ3v) is 3.60. The van der Waals surface area contributed by atoms with E-state index in [9.17, 15) is 9.90 Å². The van der Waals surface area contributed by atoms with Crippen molar-refractivity contribution in [1.82, 2.24) is 4.98 Å². The number of nitrogens with zero attached hydrogens (tertiary/aromatic N) is 1. The molecule has 21 heavy (non-hydrogen) atoms. The first kappa shape index (κ1) is 15.3. The Morgan fingerprint density at radius 1 is 1.29 bits per heavy atom. The van der Waals surface area contributed by atoms with E-state index >= 15 is 0 Å². The Bertz CT molecular complexity index is 625. The van der Waals surface area contributed by atoms with Crippen LogP contribution in [-0.4, -0.2) is 22.1 Å². The number of hydrogen-bond acceptors (Lipinski definition) is 3. The molecule has 0 aliphatic carbocycles. The molecule has 0 aliphatic rings. The minimum Gasteiger partial charge on any atom is -0.478 e. The third kappa shape index (κ3) is 3.94. The molecule has 0 spiro atoms. The molecule has 2 aromatic rings. The van der Waals surface area contributed by atoms with Crippen LogP contribution < -0.4 is 5.32 Å². The molecule has 0 amide bonds. The van der Waals surface area contributed by atoms with E-state index in [-0.39, 0.29) is 0 Å². The number of rotatable bonds is 7. The Balaban J connectivity index is 2.14. The maximum atomic E-state index is 11.2.